The molecule has 0 spiro atoms. The zero-order valence-corrected chi connectivity index (χ0v) is 15.0. The summed E-state index contributed by atoms with van der Waals surface area (Å²) >= 11 is 0. The van der Waals surface area contributed by atoms with Crippen molar-refractivity contribution in [2.24, 2.45) is 0 Å². The van der Waals surface area contributed by atoms with Crippen LogP contribution in [0, 0.1) is 0 Å². The van der Waals surface area contributed by atoms with Crippen LogP contribution in [-0.4, -0.2) is 19.1 Å². The fourth-order valence-corrected chi connectivity index (χ4v) is 2.73. The van der Waals surface area contributed by atoms with Crippen LogP contribution >= 0.6 is 0 Å². The highest BCUT2D eigenvalue weighted by Crippen LogP contribution is 2.22. The number of nitrogens with one attached hydrogen (secondary N) is 2. The summed E-state index contributed by atoms with van der Waals surface area (Å²) in [6.45, 7) is 3.06. The van der Waals surface area contributed by atoms with E-state index in [1.54, 1.807) is 0 Å². The fourth-order valence-electron chi connectivity index (χ4n) is 2.73. The Kier molecular flexibility index (Phi) is 6.09. The average Bonchev–Trinajstić information content (AvgIpc) is 2.68. The summed E-state index contributed by atoms with van der Waals surface area (Å²) in [7, 11) is 0. The van der Waals surface area contributed by atoms with E-state index in [1.807, 2.05) is 54.6 Å². The van der Waals surface area contributed by atoms with Gasteiger partial charge in [-0.25, -0.2) is 0 Å². The molecule has 0 atom stereocenters. The number of benzene rings is 3. The van der Waals surface area contributed by atoms with Crippen LogP contribution in [0.1, 0.15) is 19.8 Å². The third-order valence-corrected chi connectivity index (χ3v) is 4.13. The van der Waals surface area contributed by atoms with Gasteiger partial charge in [0.15, 0.2) is 0 Å². The third-order valence-electron chi connectivity index (χ3n) is 4.13. The van der Waals surface area contributed by atoms with Crippen LogP contribution in [0.2, 0.25) is 0 Å². The van der Waals surface area contributed by atoms with Crippen LogP contribution in [0.5, 0.6) is 5.75 Å². The van der Waals surface area contributed by atoms with Crippen molar-refractivity contribution in [2.45, 2.75) is 19.8 Å². The lowest BCUT2D eigenvalue weighted by Crippen LogP contribution is -2.21. The molecule has 0 aromatic heterocycles. The first-order valence-corrected chi connectivity index (χ1v) is 9.00. The SMILES string of the molecule is CCCCOc1ccc(NC(=O)CNc2cccc3ccccc23)cc1. The number of unbranched alkanes of at least 4 members (excludes halogenated alkanes) is 1. The minimum atomic E-state index is -0.0856. The Morgan fingerprint density at radius 1 is 0.962 bits per heavy atom. The molecule has 26 heavy (non-hydrogen) atoms. The molecule has 1 amide bonds. The van der Waals surface area contributed by atoms with Gasteiger partial charge in [-0.05, 0) is 42.1 Å². The maximum absolute atomic E-state index is 12.2. The Morgan fingerprint density at radius 2 is 1.73 bits per heavy atom. The number of carbonyl (C=O) groups excluding carboxylic acids is 1. The van der Waals surface area contributed by atoms with Crippen molar-refractivity contribution in [3.8, 4) is 5.75 Å². The van der Waals surface area contributed by atoms with Crippen LogP contribution in [0.15, 0.2) is 66.7 Å². The average molecular weight is 348 g/mol. The van der Waals surface area contributed by atoms with Gasteiger partial charge < -0.3 is 15.4 Å². The molecule has 0 heterocycles. The number of amides is 1. The largest absolute Gasteiger partial charge is 0.494 e. The molecule has 0 aliphatic rings. The van der Waals surface area contributed by atoms with E-state index in [4.69, 9.17) is 4.74 Å². The Balaban J connectivity index is 1.54. The summed E-state index contributed by atoms with van der Waals surface area (Å²) in [4.78, 5) is 12.2. The second-order valence-electron chi connectivity index (χ2n) is 6.15. The normalized spacial score (nSPS) is 10.5. The van der Waals surface area contributed by atoms with Gasteiger partial charge in [0.2, 0.25) is 5.91 Å². The van der Waals surface area contributed by atoms with E-state index in [2.05, 4.69) is 29.7 Å². The van der Waals surface area contributed by atoms with Crippen molar-refractivity contribution < 1.29 is 9.53 Å². The molecular weight excluding hydrogens is 324 g/mol. The molecule has 4 nitrogen and oxygen atoms in total. The first kappa shape index (κ1) is 17.8. The Bertz CT molecular complexity index is 854. The van der Waals surface area contributed by atoms with Gasteiger partial charge in [0, 0.05) is 16.8 Å². The topological polar surface area (TPSA) is 50.4 Å². The van der Waals surface area contributed by atoms with Crippen molar-refractivity contribution in [3.05, 3.63) is 66.7 Å². The number of hydrogen-bond acceptors (Lipinski definition) is 3. The molecule has 0 aliphatic heterocycles. The number of rotatable bonds is 8. The summed E-state index contributed by atoms with van der Waals surface area (Å²) in [5, 5.41) is 8.37. The highest BCUT2D eigenvalue weighted by molar-refractivity contribution is 5.97. The molecule has 0 saturated carbocycles. The summed E-state index contributed by atoms with van der Waals surface area (Å²) in [5.74, 6) is 0.739. The second kappa shape index (κ2) is 8.90. The van der Waals surface area contributed by atoms with Crippen LogP contribution in [0.3, 0.4) is 0 Å². The molecule has 0 saturated heterocycles. The van der Waals surface area contributed by atoms with Crippen molar-refractivity contribution in [1.82, 2.24) is 0 Å². The van der Waals surface area contributed by atoms with Crippen LogP contribution < -0.4 is 15.4 Å². The fraction of sp³-hybridized carbons (Fsp3) is 0.227. The first-order valence-electron chi connectivity index (χ1n) is 9.00. The van der Waals surface area contributed by atoms with E-state index in [0.29, 0.717) is 0 Å². The molecule has 2 N–H and O–H groups in total. The van der Waals surface area contributed by atoms with Gasteiger partial charge in [-0.3, -0.25) is 4.79 Å². The molecule has 3 rings (SSSR count). The predicted molar refractivity (Wildman–Crippen MR) is 108 cm³/mol. The van der Waals surface area contributed by atoms with E-state index in [-0.39, 0.29) is 12.5 Å². The van der Waals surface area contributed by atoms with E-state index < -0.39 is 0 Å². The second-order valence-corrected chi connectivity index (χ2v) is 6.15. The minimum Gasteiger partial charge on any atom is -0.494 e. The van der Waals surface area contributed by atoms with Crippen molar-refractivity contribution >= 4 is 28.1 Å². The molecule has 3 aromatic carbocycles. The van der Waals surface area contributed by atoms with Gasteiger partial charge in [0.25, 0.3) is 0 Å². The monoisotopic (exact) mass is 348 g/mol. The predicted octanol–water partition coefficient (Wildman–Crippen LogP) is 5.07. The van der Waals surface area contributed by atoms with Gasteiger partial charge in [-0.15, -0.1) is 0 Å². The number of carbonyl (C=O) groups is 1. The van der Waals surface area contributed by atoms with E-state index in [1.165, 1.54) is 0 Å². The molecule has 3 aromatic rings. The van der Waals surface area contributed by atoms with Crippen molar-refractivity contribution in [1.29, 1.82) is 0 Å². The van der Waals surface area contributed by atoms with Crippen LogP contribution in [0.4, 0.5) is 11.4 Å². The first-order chi connectivity index (χ1) is 12.8. The van der Waals surface area contributed by atoms with Gasteiger partial charge in [-0.1, -0.05) is 49.7 Å². The zero-order chi connectivity index (χ0) is 18.2. The van der Waals surface area contributed by atoms with Gasteiger partial charge in [0.05, 0.1) is 13.2 Å². The Hall–Kier alpha value is -3.01. The lowest BCUT2D eigenvalue weighted by Gasteiger charge is -2.11. The maximum atomic E-state index is 12.2. The summed E-state index contributed by atoms with van der Waals surface area (Å²) < 4.78 is 5.63. The molecule has 134 valence electrons. The summed E-state index contributed by atoms with van der Waals surface area (Å²) in [5.41, 5.74) is 1.72. The zero-order valence-electron chi connectivity index (χ0n) is 15.0. The van der Waals surface area contributed by atoms with Crippen molar-refractivity contribution in [3.63, 3.8) is 0 Å². The molecule has 0 aliphatic carbocycles. The Labute approximate surface area is 154 Å². The standard InChI is InChI=1S/C22H24N2O2/c1-2-3-15-26-19-13-11-18(12-14-19)24-22(25)16-23-21-10-6-8-17-7-4-5-9-20(17)21/h4-14,23H,2-3,15-16H2,1H3,(H,24,25). The van der Waals surface area contributed by atoms with Gasteiger partial charge in [-0.2, -0.15) is 0 Å². The van der Waals surface area contributed by atoms with E-state index in [0.717, 1.165) is 47.3 Å². The molecule has 4 heteroatoms. The maximum Gasteiger partial charge on any atom is 0.243 e. The summed E-state index contributed by atoms with van der Waals surface area (Å²) in [6.07, 6.45) is 2.15. The molecule has 0 radical (unpaired) electrons. The quantitative estimate of drug-likeness (QED) is 0.559. The van der Waals surface area contributed by atoms with E-state index >= 15 is 0 Å². The van der Waals surface area contributed by atoms with Crippen LogP contribution in [0.25, 0.3) is 10.8 Å². The number of anilines is 2. The Morgan fingerprint density at radius 3 is 2.54 bits per heavy atom. The summed E-state index contributed by atoms with van der Waals surface area (Å²) in [6, 6.07) is 21.6. The number of ether oxygens (including phenoxy) is 1. The van der Waals surface area contributed by atoms with E-state index in [9.17, 15) is 4.79 Å². The molecule has 0 fully saturated rings. The third kappa shape index (κ3) is 4.76. The highest BCUT2D eigenvalue weighted by Gasteiger charge is 2.05. The lowest BCUT2D eigenvalue weighted by molar-refractivity contribution is -0.114. The minimum absolute atomic E-state index is 0.0856. The van der Waals surface area contributed by atoms with Gasteiger partial charge in [0.1, 0.15) is 5.75 Å². The number of hydrogen-bond donors (Lipinski definition) is 2. The smallest absolute Gasteiger partial charge is 0.243 e. The molecule has 0 bridgehead atoms. The van der Waals surface area contributed by atoms with Crippen molar-refractivity contribution in [2.75, 3.05) is 23.8 Å². The molecule has 0 unspecified atom stereocenters. The molecular formula is C22H24N2O2. The van der Waals surface area contributed by atoms with Gasteiger partial charge >= 0.3 is 0 Å². The number of fused-ring (bicyclic) bond motifs is 1. The highest BCUT2D eigenvalue weighted by atomic mass is 16.5. The lowest BCUT2D eigenvalue weighted by atomic mass is 10.1. The van der Waals surface area contributed by atoms with Crippen LogP contribution in [-0.2, 0) is 4.79 Å².